The van der Waals surface area contributed by atoms with Gasteiger partial charge in [0.1, 0.15) is 10.7 Å². The number of aryl methyl sites for hydroxylation is 2. The Morgan fingerprint density at radius 1 is 1.25 bits per heavy atom. The highest BCUT2D eigenvalue weighted by Crippen LogP contribution is 2.32. The number of rotatable bonds is 2. The van der Waals surface area contributed by atoms with Crippen LogP contribution in [0.25, 0.3) is 11.4 Å². The Morgan fingerprint density at radius 3 is 2.45 bits per heavy atom. The Morgan fingerprint density at radius 2 is 1.90 bits per heavy atom. The number of hydrogen-bond acceptors (Lipinski definition) is 4. The summed E-state index contributed by atoms with van der Waals surface area (Å²) in [6.07, 6.45) is 0. The molecule has 0 fully saturated rings. The second-order valence-corrected chi connectivity index (χ2v) is 6.13. The highest BCUT2D eigenvalue weighted by Gasteiger charge is 2.23. The lowest BCUT2D eigenvalue weighted by molar-refractivity contribution is 0.374. The van der Waals surface area contributed by atoms with Crippen LogP contribution in [-0.2, 0) is 12.5 Å². The molecule has 0 aliphatic carbocycles. The molecule has 0 amide bonds. The van der Waals surface area contributed by atoms with E-state index in [2.05, 4.69) is 35.8 Å². The van der Waals surface area contributed by atoms with Gasteiger partial charge in [0, 0.05) is 12.5 Å². The standard InChI is InChI=1S/C14H19ClN4O/c1-8-11(13(20-6)19(5)18-8)12-16-9(14(2,3)4)7-10(15)17-12/h7H,1-6H3. The molecule has 2 heterocycles. The fourth-order valence-corrected chi connectivity index (χ4v) is 2.23. The van der Waals surface area contributed by atoms with Gasteiger partial charge in [0.25, 0.3) is 0 Å². The molecular formula is C14H19ClN4O. The molecule has 0 aliphatic heterocycles. The normalized spacial score (nSPS) is 11.8. The average Bonchev–Trinajstić information content (AvgIpc) is 2.61. The molecule has 0 aromatic carbocycles. The van der Waals surface area contributed by atoms with E-state index in [4.69, 9.17) is 16.3 Å². The van der Waals surface area contributed by atoms with Crippen molar-refractivity contribution in [3.05, 3.63) is 22.6 Å². The Labute approximate surface area is 124 Å². The van der Waals surface area contributed by atoms with Gasteiger partial charge in [-0.3, -0.25) is 0 Å². The van der Waals surface area contributed by atoms with Crippen molar-refractivity contribution in [3.63, 3.8) is 0 Å². The molecule has 0 saturated heterocycles. The first-order valence-electron chi connectivity index (χ1n) is 6.37. The van der Waals surface area contributed by atoms with Crippen molar-refractivity contribution < 1.29 is 4.74 Å². The number of nitrogens with zero attached hydrogens (tertiary/aromatic N) is 4. The molecule has 2 aromatic rings. The van der Waals surface area contributed by atoms with Gasteiger partial charge in [-0.1, -0.05) is 32.4 Å². The predicted octanol–water partition coefficient (Wildman–Crippen LogP) is 3.15. The minimum Gasteiger partial charge on any atom is -0.481 e. The monoisotopic (exact) mass is 294 g/mol. The van der Waals surface area contributed by atoms with Crippen molar-refractivity contribution in [1.29, 1.82) is 0 Å². The van der Waals surface area contributed by atoms with Gasteiger partial charge in [-0.15, -0.1) is 0 Å². The van der Waals surface area contributed by atoms with Crippen molar-refractivity contribution in [2.24, 2.45) is 7.05 Å². The quantitative estimate of drug-likeness (QED) is 0.799. The molecule has 20 heavy (non-hydrogen) atoms. The molecule has 0 atom stereocenters. The van der Waals surface area contributed by atoms with E-state index in [9.17, 15) is 0 Å². The summed E-state index contributed by atoms with van der Waals surface area (Å²) < 4.78 is 7.07. The van der Waals surface area contributed by atoms with Crippen molar-refractivity contribution >= 4 is 11.6 Å². The number of aromatic nitrogens is 4. The molecule has 0 bridgehead atoms. The van der Waals surface area contributed by atoms with E-state index in [-0.39, 0.29) is 5.41 Å². The zero-order valence-electron chi connectivity index (χ0n) is 12.7. The molecular weight excluding hydrogens is 276 g/mol. The van der Waals surface area contributed by atoms with Gasteiger partial charge in [-0.25, -0.2) is 14.6 Å². The highest BCUT2D eigenvalue weighted by atomic mass is 35.5. The summed E-state index contributed by atoms with van der Waals surface area (Å²) in [5, 5.41) is 4.77. The van der Waals surface area contributed by atoms with Crippen LogP contribution in [0.3, 0.4) is 0 Å². The summed E-state index contributed by atoms with van der Waals surface area (Å²) in [5.74, 6) is 1.18. The van der Waals surface area contributed by atoms with Crippen LogP contribution in [-0.4, -0.2) is 26.9 Å². The lowest BCUT2D eigenvalue weighted by atomic mass is 9.92. The number of methoxy groups -OCH3 is 1. The Kier molecular flexibility index (Phi) is 3.73. The zero-order valence-corrected chi connectivity index (χ0v) is 13.4. The second-order valence-electron chi connectivity index (χ2n) is 5.74. The van der Waals surface area contributed by atoms with E-state index >= 15 is 0 Å². The highest BCUT2D eigenvalue weighted by molar-refractivity contribution is 6.29. The van der Waals surface area contributed by atoms with Crippen LogP contribution in [0.4, 0.5) is 0 Å². The molecule has 108 valence electrons. The van der Waals surface area contributed by atoms with E-state index in [0.717, 1.165) is 17.0 Å². The van der Waals surface area contributed by atoms with Gasteiger partial charge >= 0.3 is 0 Å². The first-order valence-corrected chi connectivity index (χ1v) is 6.75. The molecule has 0 spiro atoms. The largest absolute Gasteiger partial charge is 0.481 e. The predicted molar refractivity (Wildman–Crippen MR) is 79.2 cm³/mol. The van der Waals surface area contributed by atoms with Gasteiger partial charge in [-0.05, 0) is 13.0 Å². The average molecular weight is 295 g/mol. The zero-order chi connectivity index (χ0) is 15.1. The van der Waals surface area contributed by atoms with Crippen LogP contribution < -0.4 is 4.74 Å². The maximum absolute atomic E-state index is 6.14. The van der Waals surface area contributed by atoms with Crippen molar-refractivity contribution in [3.8, 4) is 17.3 Å². The third-order valence-corrected chi connectivity index (χ3v) is 3.24. The van der Waals surface area contributed by atoms with Crippen LogP contribution in [0.1, 0.15) is 32.2 Å². The Bertz CT molecular complexity index is 643. The summed E-state index contributed by atoms with van der Waals surface area (Å²) in [7, 11) is 3.43. The number of ether oxygens (including phenoxy) is 1. The smallest absolute Gasteiger partial charge is 0.222 e. The maximum atomic E-state index is 6.14. The van der Waals surface area contributed by atoms with E-state index in [0.29, 0.717) is 16.9 Å². The van der Waals surface area contributed by atoms with E-state index < -0.39 is 0 Å². The van der Waals surface area contributed by atoms with Crippen LogP contribution >= 0.6 is 11.6 Å². The molecule has 0 radical (unpaired) electrons. The van der Waals surface area contributed by atoms with Gasteiger partial charge in [0.2, 0.25) is 5.88 Å². The molecule has 2 rings (SSSR count). The fourth-order valence-electron chi connectivity index (χ4n) is 2.04. The minimum atomic E-state index is -0.106. The summed E-state index contributed by atoms with van der Waals surface area (Å²) in [5.41, 5.74) is 2.37. The van der Waals surface area contributed by atoms with Gasteiger partial charge < -0.3 is 4.74 Å². The number of hydrogen-bond donors (Lipinski definition) is 0. The molecule has 0 unspecified atom stereocenters. The van der Waals surface area contributed by atoms with Gasteiger partial charge in [0.15, 0.2) is 5.82 Å². The molecule has 5 nitrogen and oxygen atoms in total. The van der Waals surface area contributed by atoms with Gasteiger partial charge in [-0.2, -0.15) is 5.10 Å². The first-order chi connectivity index (χ1) is 9.24. The van der Waals surface area contributed by atoms with Crippen molar-refractivity contribution in [2.45, 2.75) is 33.1 Å². The van der Waals surface area contributed by atoms with Crippen LogP contribution in [0.5, 0.6) is 5.88 Å². The van der Waals surface area contributed by atoms with Crippen molar-refractivity contribution in [1.82, 2.24) is 19.7 Å². The summed E-state index contributed by atoms with van der Waals surface area (Å²) in [6.45, 7) is 8.16. The van der Waals surface area contributed by atoms with Crippen molar-refractivity contribution in [2.75, 3.05) is 7.11 Å². The number of halogens is 1. The summed E-state index contributed by atoms with van der Waals surface area (Å²) >= 11 is 6.14. The minimum absolute atomic E-state index is 0.106. The summed E-state index contributed by atoms with van der Waals surface area (Å²) in [4.78, 5) is 8.95. The third-order valence-electron chi connectivity index (χ3n) is 3.05. The van der Waals surface area contributed by atoms with E-state index in [1.807, 2.05) is 14.0 Å². The first kappa shape index (κ1) is 14.8. The fraction of sp³-hybridized carbons (Fsp3) is 0.500. The van der Waals surface area contributed by atoms with Gasteiger partial charge in [0.05, 0.1) is 18.5 Å². The van der Waals surface area contributed by atoms with E-state index in [1.165, 1.54) is 0 Å². The summed E-state index contributed by atoms with van der Waals surface area (Å²) in [6, 6.07) is 1.79. The molecule has 0 N–H and O–H groups in total. The lowest BCUT2D eigenvalue weighted by Crippen LogP contribution is -2.14. The molecule has 0 aliphatic rings. The second kappa shape index (κ2) is 5.05. The Hall–Kier alpha value is -1.62. The molecule has 2 aromatic heterocycles. The topological polar surface area (TPSA) is 52.8 Å². The molecule has 6 heteroatoms. The molecule has 0 saturated carbocycles. The van der Waals surface area contributed by atoms with Crippen LogP contribution in [0.15, 0.2) is 6.07 Å². The maximum Gasteiger partial charge on any atom is 0.222 e. The van der Waals surface area contributed by atoms with Crippen LogP contribution in [0.2, 0.25) is 5.15 Å². The lowest BCUT2D eigenvalue weighted by Gasteiger charge is -2.18. The van der Waals surface area contributed by atoms with E-state index in [1.54, 1.807) is 17.9 Å². The SMILES string of the molecule is COc1c(-c2nc(Cl)cc(C(C)(C)C)n2)c(C)nn1C. The Balaban J connectivity index is 2.68. The van der Waals surface area contributed by atoms with Crippen LogP contribution in [0, 0.1) is 6.92 Å². The third kappa shape index (κ3) is 2.63.